The van der Waals surface area contributed by atoms with Gasteiger partial charge >= 0.3 is 0 Å². The number of aldehydes is 1. The Morgan fingerprint density at radius 2 is 1.30 bits per heavy atom. The number of oxazole rings is 1. The van der Waals surface area contributed by atoms with Gasteiger partial charge in [0.05, 0.1) is 4.90 Å². The molecule has 18 heteroatoms. The monoisotopic (exact) mass is 854 g/mol. The molecule has 3 aromatic carbocycles. The fourth-order valence-corrected chi connectivity index (χ4v) is 7.67. The summed E-state index contributed by atoms with van der Waals surface area (Å²) in [5.74, 6) is -0.309. The Kier molecular flexibility index (Phi) is 13.2. The van der Waals surface area contributed by atoms with Gasteiger partial charge in [-0.15, -0.1) is 20.4 Å². The van der Waals surface area contributed by atoms with E-state index >= 15 is 0 Å². The Morgan fingerprint density at radius 3 is 1.90 bits per heavy atom. The predicted octanol–water partition coefficient (Wildman–Crippen LogP) is 8.61. The van der Waals surface area contributed by atoms with Gasteiger partial charge in [-0.05, 0) is 79.7 Å². The molecule has 0 saturated heterocycles. The van der Waals surface area contributed by atoms with Gasteiger partial charge in [-0.2, -0.15) is 0 Å². The van der Waals surface area contributed by atoms with Crippen LogP contribution in [0.15, 0.2) is 113 Å². The molecule has 1 atom stereocenters. The number of amides is 1. The van der Waals surface area contributed by atoms with E-state index in [1.54, 1.807) is 49.5 Å². The van der Waals surface area contributed by atoms with Crippen molar-refractivity contribution in [2.24, 2.45) is 0 Å². The number of nitrogens with zero attached hydrogens (tertiary/aromatic N) is 7. The summed E-state index contributed by atoms with van der Waals surface area (Å²) in [5.41, 5.74) is 3.48. The van der Waals surface area contributed by atoms with E-state index in [1.807, 2.05) is 48.0 Å². The number of aromatic nitrogens is 7. The van der Waals surface area contributed by atoms with E-state index in [0.29, 0.717) is 28.5 Å². The fourth-order valence-electron chi connectivity index (χ4n) is 6.13. The van der Waals surface area contributed by atoms with E-state index < -0.39 is 44.0 Å². The van der Waals surface area contributed by atoms with Crippen LogP contribution in [0.2, 0.25) is 0 Å². The molecule has 0 fully saturated rings. The molecule has 1 amide bonds. The van der Waals surface area contributed by atoms with Crippen molar-refractivity contribution >= 4 is 33.8 Å². The summed E-state index contributed by atoms with van der Waals surface area (Å²) in [5, 5.41) is 16.7. The highest BCUT2D eigenvalue weighted by molar-refractivity contribution is 7.91. The first-order valence-electron chi connectivity index (χ1n) is 18.6. The molecular formula is C43H38F4N8O5S. The topological polar surface area (TPSA) is 167 Å². The number of carbonyl (C=O) groups excluding carboxylic acids is 2. The van der Waals surface area contributed by atoms with E-state index in [-0.39, 0.29) is 28.5 Å². The number of sulfone groups is 1. The van der Waals surface area contributed by atoms with Gasteiger partial charge in [0, 0.05) is 46.5 Å². The Bertz CT molecular complexity index is 2950. The average molecular weight is 855 g/mol. The Hall–Kier alpha value is -7.08. The average Bonchev–Trinajstić information content (AvgIpc) is 4.01. The molecular weight excluding hydrogens is 817 g/mol. The number of halogens is 4. The summed E-state index contributed by atoms with van der Waals surface area (Å²) < 4.78 is 89.2. The van der Waals surface area contributed by atoms with Crippen LogP contribution in [0.3, 0.4) is 0 Å². The lowest BCUT2D eigenvalue weighted by atomic mass is 10.1. The summed E-state index contributed by atoms with van der Waals surface area (Å²) in [7, 11) is -4.12. The van der Waals surface area contributed by atoms with Crippen LogP contribution in [0.25, 0.3) is 33.9 Å². The number of nitrogens with one attached hydrogen (secondary N) is 1. The van der Waals surface area contributed by atoms with Crippen molar-refractivity contribution in [3.63, 3.8) is 0 Å². The molecule has 0 aliphatic carbocycles. The van der Waals surface area contributed by atoms with Gasteiger partial charge in [0.2, 0.25) is 16.2 Å². The lowest BCUT2D eigenvalue weighted by Crippen LogP contribution is -2.29. The standard InChI is InChI=1S/C18H14F2N4O.C15H13F2NO3S.C10H11N3O/c1-10(2)18-23-22-15-6-3-11(8-24(15)18)17-16(21-9-25-17)13-7-12(19)4-5-14(13)20;1-10-2-5-12(6-3-10)22(20,21)15(18-9-19)13-8-11(16)4-7-14(13)17;1-7(2)10-12-11-9-4-3-8(6-14)5-13(9)10/h3-10H,1-2H3;2-9,15H,1H3,(H,18,19);3-7H,1-2H3. The van der Waals surface area contributed by atoms with E-state index in [9.17, 15) is 35.6 Å². The number of fused-ring (bicyclic) bond motifs is 2. The van der Waals surface area contributed by atoms with Crippen LogP contribution in [-0.4, -0.2) is 55.3 Å². The van der Waals surface area contributed by atoms with Gasteiger partial charge in [0.15, 0.2) is 35.1 Å². The highest BCUT2D eigenvalue weighted by atomic mass is 32.2. The third kappa shape index (κ3) is 9.54. The lowest BCUT2D eigenvalue weighted by molar-refractivity contribution is -0.109. The third-order valence-corrected chi connectivity index (χ3v) is 11.1. The maximum atomic E-state index is 14.1. The molecule has 0 aliphatic rings. The molecule has 0 bridgehead atoms. The van der Waals surface area contributed by atoms with Gasteiger partial charge in [-0.1, -0.05) is 45.4 Å². The SMILES string of the molecule is CC(C)c1nnc2ccc(-c3ocnc3-c3cc(F)ccc3F)cn12.CC(C)c1nnc2ccc(C=O)cn12.Cc1ccc(S(=O)(=O)C(NC=O)c2cc(F)ccc2F)cc1. The van der Waals surface area contributed by atoms with Crippen LogP contribution in [0, 0.1) is 30.2 Å². The number of carbonyl (C=O) groups is 2. The summed E-state index contributed by atoms with van der Waals surface area (Å²) in [6.45, 7) is 9.91. The summed E-state index contributed by atoms with van der Waals surface area (Å²) in [6.07, 6.45) is 5.75. The minimum atomic E-state index is -4.12. The molecule has 314 valence electrons. The van der Waals surface area contributed by atoms with E-state index in [1.165, 1.54) is 18.5 Å². The molecule has 8 aromatic rings. The molecule has 13 nitrogen and oxygen atoms in total. The van der Waals surface area contributed by atoms with Gasteiger partial charge in [0.25, 0.3) is 0 Å². The quantitative estimate of drug-likeness (QED) is 0.104. The summed E-state index contributed by atoms with van der Waals surface area (Å²) in [4.78, 5) is 25.3. The zero-order valence-corrected chi connectivity index (χ0v) is 34.1. The first-order valence-corrected chi connectivity index (χ1v) is 20.2. The van der Waals surface area contributed by atoms with Crippen molar-refractivity contribution < 1.29 is 40.0 Å². The molecule has 0 spiro atoms. The van der Waals surface area contributed by atoms with Crippen LogP contribution in [0.5, 0.6) is 0 Å². The van der Waals surface area contributed by atoms with Crippen LogP contribution in [0.1, 0.15) is 78.0 Å². The molecule has 5 heterocycles. The van der Waals surface area contributed by atoms with E-state index in [4.69, 9.17) is 4.42 Å². The molecule has 1 N–H and O–H groups in total. The second-order valence-electron chi connectivity index (χ2n) is 14.2. The lowest BCUT2D eigenvalue weighted by Gasteiger charge is -2.18. The second kappa shape index (κ2) is 18.5. The van der Waals surface area contributed by atoms with E-state index in [2.05, 4.69) is 25.4 Å². The first kappa shape index (κ1) is 43.5. The van der Waals surface area contributed by atoms with Gasteiger partial charge in [-0.25, -0.2) is 31.0 Å². The van der Waals surface area contributed by atoms with Crippen molar-refractivity contribution in [1.29, 1.82) is 0 Å². The molecule has 5 aromatic heterocycles. The Morgan fingerprint density at radius 1 is 0.705 bits per heavy atom. The van der Waals surface area contributed by atoms with Crippen molar-refractivity contribution in [3.8, 4) is 22.6 Å². The third-order valence-electron chi connectivity index (χ3n) is 9.18. The number of hydrogen-bond acceptors (Lipinski definition) is 10. The predicted molar refractivity (Wildman–Crippen MR) is 217 cm³/mol. The molecule has 8 rings (SSSR count). The van der Waals surface area contributed by atoms with Crippen molar-refractivity contribution in [2.75, 3.05) is 0 Å². The smallest absolute Gasteiger partial charge is 0.208 e. The second-order valence-corrected chi connectivity index (χ2v) is 16.3. The van der Waals surface area contributed by atoms with Crippen molar-refractivity contribution in [1.82, 2.24) is 39.5 Å². The highest BCUT2D eigenvalue weighted by Crippen LogP contribution is 2.34. The van der Waals surface area contributed by atoms with E-state index in [0.717, 1.165) is 65.5 Å². The van der Waals surface area contributed by atoms with Crippen LogP contribution < -0.4 is 5.32 Å². The number of pyridine rings is 2. The zero-order chi connectivity index (χ0) is 44.0. The van der Waals surface area contributed by atoms with Crippen molar-refractivity contribution in [3.05, 3.63) is 155 Å². The molecule has 0 radical (unpaired) electrons. The molecule has 0 saturated carbocycles. The van der Waals surface area contributed by atoms with Gasteiger partial charge < -0.3 is 9.73 Å². The van der Waals surface area contributed by atoms with Gasteiger partial charge in [0.1, 0.15) is 40.6 Å². The van der Waals surface area contributed by atoms with Crippen LogP contribution >= 0.6 is 0 Å². The van der Waals surface area contributed by atoms with Crippen LogP contribution in [-0.2, 0) is 14.6 Å². The first-order chi connectivity index (χ1) is 29.1. The fraction of sp³-hybridized carbons (Fsp3) is 0.186. The Balaban J connectivity index is 0.000000159. The molecule has 1 unspecified atom stereocenters. The van der Waals surface area contributed by atoms with Crippen LogP contribution in [0.4, 0.5) is 17.6 Å². The summed E-state index contributed by atoms with van der Waals surface area (Å²) >= 11 is 0. The number of aryl methyl sites for hydroxylation is 1. The number of benzene rings is 3. The zero-order valence-electron chi connectivity index (χ0n) is 33.3. The highest BCUT2D eigenvalue weighted by Gasteiger charge is 2.31. The van der Waals surface area contributed by atoms with Gasteiger partial charge in [-0.3, -0.25) is 18.4 Å². The molecule has 0 aliphatic heterocycles. The summed E-state index contributed by atoms with van der Waals surface area (Å²) in [6, 6.07) is 18.6. The maximum absolute atomic E-state index is 14.1. The minimum Gasteiger partial charge on any atom is -0.443 e. The van der Waals surface area contributed by atoms with Crippen molar-refractivity contribution in [2.45, 2.75) is 56.7 Å². The minimum absolute atomic E-state index is 0.0525. The maximum Gasteiger partial charge on any atom is 0.208 e. The normalized spacial score (nSPS) is 11.9. The largest absolute Gasteiger partial charge is 0.443 e. The molecule has 61 heavy (non-hydrogen) atoms. The number of rotatable bonds is 10. The Labute approximate surface area is 347 Å². The number of hydrogen-bond donors (Lipinski definition) is 1.